The van der Waals surface area contributed by atoms with E-state index in [2.05, 4.69) is 34.2 Å². The summed E-state index contributed by atoms with van der Waals surface area (Å²) in [7, 11) is 0. The number of nitrogens with two attached hydrogens (primary N) is 1. The third-order valence-electron chi connectivity index (χ3n) is 4.90. The van der Waals surface area contributed by atoms with E-state index in [0.717, 1.165) is 6.42 Å². The predicted molar refractivity (Wildman–Crippen MR) is 122 cm³/mol. The lowest BCUT2D eigenvalue weighted by molar-refractivity contribution is 0.0954. The van der Waals surface area contributed by atoms with Gasteiger partial charge in [-0.25, -0.2) is 9.97 Å². The fourth-order valence-electron chi connectivity index (χ4n) is 3.28. The second-order valence-electron chi connectivity index (χ2n) is 7.73. The molecule has 0 saturated heterocycles. The SMILES string of the molecule is CC(C)CCNC(=O)c1c(N)n(/N=C\c2cccc(O)c2)c2nc3ccccc3nc12. The zero-order chi connectivity index (χ0) is 22.0. The van der Waals surface area contributed by atoms with Crippen LogP contribution >= 0.6 is 0 Å². The topological polar surface area (TPSA) is 118 Å². The van der Waals surface area contributed by atoms with Crippen LogP contribution in [0.2, 0.25) is 0 Å². The summed E-state index contributed by atoms with van der Waals surface area (Å²) >= 11 is 0. The Labute approximate surface area is 179 Å². The number of phenolic OH excluding ortho intramolecular Hbond substituents is 1. The van der Waals surface area contributed by atoms with Crippen LogP contribution in [0, 0.1) is 5.92 Å². The third-order valence-corrected chi connectivity index (χ3v) is 4.90. The zero-order valence-electron chi connectivity index (χ0n) is 17.4. The van der Waals surface area contributed by atoms with Crippen LogP contribution in [0.3, 0.4) is 0 Å². The fraction of sp³-hybridized carbons (Fsp3) is 0.217. The molecule has 2 aromatic carbocycles. The Morgan fingerprint density at radius 2 is 1.94 bits per heavy atom. The van der Waals surface area contributed by atoms with Crippen LogP contribution in [0.4, 0.5) is 5.82 Å². The number of phenols is 1. The van der Waals surface area contributed by atoms with Gasteiger partial charge in [-0.3, -0.25) is 4.79 Å². The number of anilines is 1. The lowest BCUT2D eigenvalue weighted by atomic mass is 10.1. The number of hydrogen-bond donors (Lipinski definition) is 3. The van der Waals surface area contributed by atoms with E-state index in [0.29, 0.717) is 40.2 Å². The fourth-order valence-corrected chi connectivity index (χ4v) is 3.28. The van der Waals surface area contributed by atoms with Crippen molar-refractivity contribution in [3.63, 3.8) is 0 Å². The molecule has 0 aliphatic carbocycles. The number of aromatic nitrogens is 3. The first-order chi connectivity index (χ1) is 14.9. The first kappa shape index (κ1) is 20.3. The third kappa shape index (κ3) is 4.18. The molecule has 1 amide bonds. The van der Waals surface area contributed by atoms with Crippen LogP contribution in [-0.2, 0) is 0 Å². The number of rotatable bonds is 6. The van der Waals surface area contributed by atoms with Crippen LogP contribution in [0.1, 0.15) is 36.2 Å². The number of amides is 1. The smallest absolute Gasteiger partial charge is 0.257 e. The van der Waals surface area contributed by atoms with Crippen molar-refractivity contribution in [2.24, 2.45) is 11.0 Å². The number of para-hydroxylation sites is 2. The highest BCUT2D eigenvalue weighted by atomic mass is 16.3. The molecule has 0 saturated carbocycles. The van der Waals surface area contributed by atoms with Crippen LogP contribution < -0.4 is 11.1 Å². The van der Waals surface area contributed by atoms with Gasteiger partial charge in [-0.2, -0.15) is 9.78 Å². The van der Waals surface area contributed by atoms with Gasteiger partial charge >= 0.3 is 0 Å². The zero-order valence-corrected chi connectivity index (χ0v) is 17.4. The quantitative estimate of drug-likeness (QED) is 0.416. The minimum atomic E-state index is -0.306. The summed E-state index contributed by atoms with van der Waals surface area (Å²) < 4.78 is 1.41. The van der Waals surface area contributed by atoms with Crippen molar-refractivity contribution >= 4 is 40.1 Å². The lowest BCUT2D eigenvalue weighted by Gasteiger charge is -2.07. The Morgan fingerprint density at radius 1 is 1.19 bits per heavy atom. The molecule has 4 aromatic rings. The largest absolute Gasteiger partial charge is 0.508 e. The molecule has 2 heterocycles. The van der Waals surface area contributed by atoms with Gasteiger partial charge in [0.25, 0.3) is 5.91 Å². The summed E-state index contributed by atoms with van der Waals surface area (Å²) in [6, 6.07) is 14.1. The minimum Gasteiger partial charge on any atom is -0.508 e. The van der Waals surface area contributed by atoms with E-state index in [1.807, 2.05) is 24.3 Å². The van der Waals surface area contributed by atoms with Gasteiger partial charge in [-0.1, -0.05) is 38.1 Å². The van der Waals surface area contributed by atoms with Crippen LogP contribution in [0.5, 0.6) is 5.75 Å². The van der Waals surface area contributed by atoms with Crippen molar-refractivity contribution in [3.8, 4) is 5.75 Å². The standard InChI is InChI=1S/C23H24N6O2/c1-14(2)10-11-25-23(31)19-20-22(28-18-9-4-3-8-17(18)27-20)29(21(19)24)26-13-15-6-5-7-16(30)12-15/h3-9,12-14,30H,10-11,24H2,1-2H3,(H,25,31)/b26-13-. The average molecular weight is 416 g/mol. The van der Waals surface area contributed by atoms with Crippen LogP contribution in [0.25, 0.3) is 22.2 Å². The summed E-state index contributed by atoms with van der Waals surface area (Å²) in [5, 5.41) is 17.0. The second-order valence-corrected chi connectivity index (χ2v) is 7.73. The molecule has 0 fully saturated rings. The van der Waals surface area contributed by atoms with E-state index in [1.165, 1.54) is 4.68 Å². The number of nitrogens with zero attached hydrogens (tertiary/aromatic N) is 4. The van der Waals surface area contributed by atoms with Crippen molar-refractivity contribution in [1.82, 2.24) is 20.0 Å². The Hall–Kier alpha value is -3.94. The van der Waals surface area contributed by atoms with E-state index < -0.39 is 0 Å². The van der Waals surface area contributed by atoms with Gasteiger partial charge in [0.15, 0.2) is 5.65 Å². The molecular formula is C23H24N6O2. The van der Waals surface area contributed by atoms with Gasteiger partial charge in [0.05, 0.1) is 17.2 Å². The van der Waals surface area contributed by atoms with Gasteiger partial charge < -0.3 is 16.2 Å². The highest BCUT2D eigenvalue weighted by Crippen LogP contribution is 2.28. The first-order valence-electron chi connectivity index (χ1n) is 10.1. The molecule has 8 nitrogen and oxygen atoms in total. The Kier molecular flexibility index (Phi) is 5.53. The van der Waals surface area contributed by atoms with Gasteiger partial charge in [0.1, 0.15) is 22.6 Å². The molecule has 0 unspecified atom stereocenters. The number of carbonyl (C=O) groups excluding carboxylic acids is 1. The summed E-state index contributed by atoms with van der Waals surface area (Å²) in [6.45, 7) is 4.73. The Bertz CT molecular complexity index is 1290. The maximum Gasteiger partial charge on any atom is 0.257 e. The van der Waals surface area contributed by atoms with E-state index in [-0.39, 0.29) is 23.0 Å². The minimum absolute atomic E-state index is 0.130. The number of nitrogen functional groups attached to an aromatic ring is 1. The first-order valence-corrected chi connectivity index (χ1v) is 10.1. The maximum absolute atomic E-state index is 13.0. The number of nitrogens with one attached hydrogen (secondary N) is 1. The number of aromatic hydroxyl groups is 1. The Morgan fingerprint density at radius 3 is 2.65 bits per heavy atom. The Balaban J connectivity index is 1.83. The number of fused-ring (bicyclic) bond motifs is 2. The molecule has 0 radical (unpaired) electrons. The van der Waals surface area contributed by atoms with Crippen molar-refractivity contribution < 1.29 is 9.90 Å². The molecule has 0 aliphatic heterocycles. The number of benzene rings is 2. The molecule has 0 spiro atoms. The van der Waals surface area contributed by atoms with Crippen LogP contribution in [-0.4, -0.2) is 38.4 Å². The van der Waals surface area contributed by atoms with E-state index in [9.17, 15) is 9.90 Å². The molecule has 2 aromatic heterocycles. The monoisotopic (exact) mass is 416 g/mol. The summed E-state index contributed by atoms with van der Waals surface area (Å²) in [5.74, 6) is 0.447. The molecule has 0 bridgehead atoms. The van der Waals surface area contributed by atoms with Crippen LogP contribution in [0.15, 0.2) is 53.6 Å². The maximum atomic E-state index is 13.0. The predicted octanol–water partition coefficient (Wildman–Crippen LogP) is 3.53. The highest BCUT2D eigenvalue weighted by Gasteiger charge is 2.23. The lowest BCUT2D eigenvalue weighted by Crippen LogP contribution is -2.26. The molecule has 4 N–H and O–H groups in total. The van der Waals surface area contributed by atoms with E-state index >= 15 is 0 Å². The molecule has 0 atom stereocenters. The van der Waals surface area contributed by atoms with E-state index in [1.54, 1.807) is 30.5 Å². The van der Waals surface area contributed by atoms with Gasteiger partial charge in [-0.15, -0.1) is 0 Å². The summed E-state index contributed by atoms with van der Waals surface area (Å²) in [4.78, 5) is 22.3. The van der Waals surface area contributed by atoms with Gasteiger partial charge in [0.2, 0.25) is 0 Å². The molecule has 4 rings (SSSR count). The number of carbonyl (C=O) groups is 1. The molecule has 0 aliphatic rings. The van der Waals surface area contributed by atoms with Crippen molar-refractivity contribution in [1.29, 1.82) is 0 Å². The summed E-state index contributed by atoms with van der Waals surface area (Å²) in [5.41, 5.74) is 9.42. The molecular weight excluding hydrogens is 392 g/mol. The molecule has 31 heavy (non-hydrogen) atoms. The van der Waals surface area contributed by atoms with Gasteiger partial charge in [0, 0.05) is 6.54 Å². The average Bonchev–Trinajstić information content (AvgIpc) is 3.00. The molecule has 158 valence electrons. The number of hydrogen-bond acceptors (Lipinski definition) is 6. The highest BCUT2D eigenvalue weighted by molar-refractivity contribution is 6.10. The second kappa shape index (κ2) is 8.43. The normalized spacial score (nSPS) is 11.7. The molecule has 8 heteroatoms. The van der Waals surface area contributed by atoms with Gasteiger partial charge in [-0.05, 0) is 42.2 Å². The van der Waals surface area contributed by atoms with Crippen molar-refractivity contribution in [3.05, 3.63) is 59.7 Å². The summed E-state index contributed by atoms with van der Waals surface area (Å²) in [6.07, 6.45) is 2.40. The van der Waals surface area contributed by atoms with E-state index in [4.69, 9.17) is 5.73 Å². The van der Waals surface area contributed by atoms with Crippen molar-refractivity contribution in [2.75, 3.05) is 12.3 Å². The van der Waals surface area contributed by atoms with Crippen molar-refractivity contribution in [2.45, 2.75) is 20.3 Å².